The molecule has 0 amide bonds. The third-order valence-corrected chi connectivity index (χ3v) is 1.56. The van der Waals surface area contributed by atoms with Crippen LogP contribution < -0.4 is 11.1 Å². The minimum absolute atomic E-state index is 0.0735. The molecule has 0 aromatic carbocycles. The predicted molar refractivity (Wildman–Crippen MR) is 59.2 cm³/mol. The predicted octanol–water partition coefficient (Wildman–Crippen LogP) is 0.0179. The van der Waals surface area contributed by atoms with E-state index in [0.717, 1.165) is 5.69 Å². The summed E-state index contributed by atoms with van der Waals surface area (Å²) in [6.07, 6.45) is 1.67. The molecule has 0 aliphatic heterocycles. The normalized spacial score (nSPS) is 12.9. The largest absolute Gasteiger partial charge is 0.370 e. The van der Waals surface area contributed by atoms with Gasteiger partial charge in [0, 0.05) is 12.6 Å². The maximum Gasteiger partial charge on any atom is 0.189 e. The van der Waals surface area contributed by atoms with Gasteiger partial charge in [0.05, 0.1) is 12.7 Å². The number of aliphatic imine (C=N–C) groups is 1. The zero-order valence-corrected chi connectivity index (χ0v) is 9.65. The molecule has 1 aromatic heterocycles. The average molecular weight is 210 g/mol. The van der Waals surface area contributed by atoms with Gasteiger partial charge in [-0.2, -0.15) is 15.0 Å². The molecule has 15 heavy (non-hydrogen) atoms. The molecule has 0 saturated carbocycles. The number of guanidine groups is 1. The van der Waals surface area contributed by atoms with E-state index < -0.39 is 0 Å². The molecule has 1 aromatic rings. The third kappa shape index (κ3) is 4.44. The summed E-state index contributed by atoms with van der Waals surface area (Å²) in [5, 5.41) is 11.1. The van der Waals surface area contributed by atoms with Crippen molar-refractivity contribution >= 4 is 5.96 Å². The van der Waals surface area contributed by atoms with Gasteiger partial charge in [-0.25, -0.2) is 4.99 Å². The number of rotatable bonds is 2. The highest BCUT2D eigenvalue weighted by Gasteiger charge is 2.09. The molecule has 0 bridgehead atoms. The topological polar surface area (TPSA) is 81.1 Å². The van der Waals surface area contributed by atoms with Gasteiger partial charge in [0.15, 0.2) is 5.96 Å². The first-order valence-corrected chi connectivity index (χ1v) is 4.80. The van der Waals surface area contributed by atoms with Gasteiger partial charge in [-0.3, -0.25) is 0 Å². The smallest absolute Gasteiger partial charge is 0.189 e. The maximum atomic E-state index is 5.70. The quantitative estimate of drug-likeness (QED) is 0.532. The standard InChI is InChI=1S/C9H18N6/c1-9(2,3)13-8(10)11-5-7-6-12-15(4)14-7/h6H,5H2,1-4H3,(H3,10,11,13). The van der Waals surface area contributed by atoms with E-state index in [1.165, 1.54) is 4.80 Å². The van der Waals surface area contributed by atoms with Crippen molar-refractivity contribution in [1.82, 2.24) is 20.3 Å². The molecule has 6 nitrogen and oxygen atoms in total. The Kier molecular flexibility index (Phi) is 3.28. The molecular weight excluding hydrogens is 192 g/mol. The van der Waals surface area contributed by atoms with Crippen LogP contribution in [0.25, 0.3) is 0 Å². The zero-order valence-electron chi connectivity index (χ0n) is 9.65. The Balaban J connectivity index is 2.51. The van der Waals surface area contributed by atoms with Crippen LogP contribution >= 0.6 is 0 Å². The Morgan fingerprint density at radius 1 is 1.60 bits per heavy atom. The second-order valence-corrected chi connectivity index (χ2v) is 4.40. The van der Waals surface area contributed by atoms with Crippen molar-refractivity contribution in [3.05, 3.63) is 11.9 Å². The van der Waals surface area contributed by atoms with E-state index in [1.807, 2.05) is 20.8 Å². The minimum Gasteiger partial charge on any atom is -0.370 e. The van der Waals surface area contributed by atoms with Crippen molar-refractivity contribution in [2.75, 3.05) is 0 Å². The zero-order chi connectivity index (χ0) is 11.5. The molecule has 0 unspecified atom stereocenters. The van der Waals surface area contributed by atoms with Crippen LogP contribution in [0.2, 0.25) is 0 Å². The molecule has 0 fully saturated rings. The van der Waals surface area contributed by atoms with Crippen LogP contribution in [0.5, 0.6) is 0 Å². The number of aromatic nitrogens is 3. The number of nitrogens with zero attached hydrogens (tertiary/aromatic N) is 4. The van der Waals surface area contributed by atoms with Crippen LogP contribution in [0.15, 0.2) is 11.2 Å². The second kappa shape index (κ2) is 4.29. The summed E-state index contributed by atoms with van der Waals surface area (Å²) in [6.45, 7) is 6.52. The fraction of sp³-hybridized carbons (Fsp3) is 0.667. The van der Waals surface area contributed by atoms with Crippen LogP contribution in [-0.4, -0.2) is 26.5 Å². The first-order valence-electron chi connectivity index (χ1n) is 4.80. The lowest BCUT2D eigenvalue weighted by Crippen LogP contribution is -2.44. The molecule has 1 heterocycles. The third-order valence-electron chi connectivity index (χ3n) is 1.56. The van der Waals surface area contributed by atoms with Crippen LogP contribution in [0, 0.1) is 0 Å². The Labute approximate surface area is 89.6 Å². The van der Waals surface area contributed by atoms with E-state index in [9.17, 15) is 0 Å². The van der Waals surface area contributed by atoms with E-state index in [-0.39, 0.29) is 5.54 Å². The second-order valence-electron chi connectivity index (χ2n) is 4.40. The summed E-state index contributed by atoms with van der Waals surface area (Å²) >= 11 is 0. The molecule has 6 heteroatoms. The monoisotopic (exact) mass is 210 g/mol. The minimum atomic E-state index is -0.0735. The molecule has 1 rings (SSSR count). The molecule has 0 atom stereocenters. The fourth-order valence-electron chi connectivity index (χ4n) is 1.05. The first kappa shape index (κ1) is 11.5. The van der Waals surface area contributed by atoms with E-state index in [2.05, 4.69) is 20.5 Å². The van der Waals surface area contributed by atoms with Crippen molar-refractivity contribution in [2.45, 2.75) is 32.9 Å². The van der Waals surface area contributed by atoms with Gasteiger partial charge in [-0.1, -0.05) is 0 Å². The lowest BCUT2D eigenvalue weighted by atomic mass is 10.1. The highest BCUT2D eigenvalue weighted by Crippen LogP contribution is 1.98. The van der Waals surface area contributed by atoms with Gasteiger partial charge in [-0.15, -0.1) is 0 Å². The highest BCUT2D eigenvalue weighted by molar-refractivity contribution is 5.78. The summed E-state index contributed by atoms with van der Waals surface area (Å²) in [6, 6.07) is 0. The molecule has 0 radical (unpaired) electrons. The van der Waals surface area contributed by atoms with Crippen molar-refractivity contribution < 1.29 is 0 Å². The average Bonchev–Trinajstić information content (AvgIpc) is 2.45. The van der Waals surface area contributed by atoms with Crippen LogP contribution in [0.4, 0.5) is 0 Å². The van der Waals surface area contributed by atoms with Crippen molar-refractivity contribution in [1.29, 1.82) is 0 Å². The number of aryl methyl sites for hydroxylation is 1. The molecule has 0 spiro atoms. The maximum absolute atomic E-state index is 5.70. The summed E-state index contributed by atoms with van der Waals surface area (Å²) in [4.78, 5) is 5.66. The summed E-state index contributed by atoms with van der Waals surface area (Å²) in [5.74, 6) is 0.424. The molecule has 0 aliphatic rings. The van der Waals surface area contributed by atoms with Crippen molar-refractivity contribution in [2.24, 2.45) is 17.8 Å². The van der Waals surface area contributed by atoms with E-state index in [1.54, 1.807) is 13.2 Å². The molecular formula is C9H18N6. The van der Waals surface area contributed by atoms with Crippen molar-refractivity contribution in [3.63, 3.8) is 0 Å². The summed E-state index contributed by atoms with van der Waals surface area (Å²) in [7, 11) is 1.77. The SMILES string of the molecule is Cn1ncc(CN=C(N)NC(C)(C)C)n1. The van der Waals surface area contributed by atoms with Gasteiger partial charge in [0.25, 0.3) is 0 Å². The molecule has 84 valence electrons. The Morgan fingerprint density at radius 2 is 2.27 bits per heavy atom. The summed E-state index contributed by atoms with van der Waals surface area (Å²) in [5.41, 5.74) is 6.43. The highest BCUT2D eigenvalue weighted by atomic mass is 15.4. The van der Waals surface area contributed by atoms with E-state index in [0.29, 0.717) is 12.5 Å². The van der Waals surface area contributed by atoms with Gasteiger partial charge < -0.3 is 11.1 Å². The number of hydrogen-bond donors (Lipinski definition) is 2. The van der Waals surface area contributed by atoms with E-state index >= 15 is 0 Å². The van der Waals surface area contributed by atoms with E-state index in [4.69, 9.17) is 5.73 Å². The van der Waals surface area contributed by atoms with Crippen LogP contribution in [-0.2, 0) is 13.6 Å². The molecule has 0 aliphatic carbocycles. The summed E-state index contributed by atoms with van der Waals surface area (Å²) < 4.78 is 0. The van der Waals surface area contributed by atoms with Gasteiger partial charge in [0.2, 0.25) is 0 Å². The van der Waals surface area contributed by atoms with Crippen molar-refractivity contribution in [3.8, 4) is 0 Å². The molecule has 0 saturated heterocycles. The fourth-order valence-corrected chi connectivity index (χ4v) is 1.05. The lowest BCUT2D eigenvalue weighted by Gasteiger charge is -2.20. The lowest BCUT2D eigenvalue weighted by molar-refractivity contribution is 0.508. The van der Waals surface area contributed by atoms with Crippen LogP contribution in [0.1, 0.15) is 26.5 Å². The van der Waals surface area contributed by atoms with Gasteiger partial charge in [0.1, 0.15) is 5.69 Å². The van der Waals surface area contributed by atoms with Crippen LogP contribution in [0.3, 0.4) is 0 Å². The van der Waals surface area contributed by atoms with Gasteiger partial charge >= 0.3 is 0 Å². The Morgan fingerprint density at radius 3 is 2.73 bits per heavy atom. The Bertz CT molecular complexity index is 346. The number of nitrogens with two attached hydrogens (primary N) is 1. The molecule has 3 N–H and O–H groups in total. The number of nitrogens with one attached hydrogen (secondary N) is 1. The first-order chi connectivity index (χ1) is 6.87. The Hall–Kier alpha value is -1.59. The van der Waals surface area contributed by atoms with Gasteiger partial charge in [-0.05, 0) is 20.8 Å². The number of hydrogen-bond acceptors (Lipinski definition) is 3.